The number of hydrogen-bond donors (Lipinski definition) is 1. The molecule has 0 bridgehead atoms. The molecule has 0 aromatic heterocycles. The molecule has 2 aliphatic rings. The first kappa shape index (κ1) is 21.4. The third-order valence-electron chi connectivity index (χ3n) is 6.32. The van der Waals surface area contributed by atoms with E-state index in [0.717, 1.165) is 46.1 Å². The molecule has 5 rings (SSSR count). The molecule has 1 saturated heterocycles. The molecule has 0 amide bonds. The number of nitrogens with zero attached hydrogens (tertiary/aromatic N) is 1. The number of ether oxygens (including phenoxy) is 3. The topological polar surface area (TPSA) is 51.2 Å². The van der Waals surface area contributed by atoms with Crippen LogP contribution in [-0.2, 0) is 0 Å². The van der Waals surface area contributed by atoms with Crippen LogP contribution in [0.3, 0.4) is 0 Å². The maximum absolute atomic E-state index is 9.74. The van der Waals surface area contributed by atoms with E-state index in [1.54, 1.807) is 19.2 Å². The maximum atomic E-state index is 9.74. The maximum Gasteiger partial charge on any atom is 0.149 e. The summed E-state index contributed by atoms with van der Waals surface area (Å²) in [6, 6.07) is 21.2. The molecule has 33 heavy (non-hydrogen) atoms. The Morgan fingerprint density at radius 2 is 1.67 bits per heavy atom. The molecule has 0 saturated carbocycles. The Labute approximate surface area is 194 Å². The first-order valence-electron chi connectivity index (χ1n) is 11.5. The molecular weight excluding hydrogens is 414 g/mol. The van der Waals surface area contributed by atoms with Crippen molar-refractivity contribution >= 4 is 11.6 Å². The minimum Gasteiger partial charge on any atom is -0.508 e. The van der Waals surface area contributed by atoms with Gasteiger partial charge in [-0.15, -0.1) is 0 Å². The minimum atomic E-state index is -0.284. The van der Waals surface area contributed by atoms with Crippen molar-refractivity contribution in [3.05, 3.63) is 83.4 Å². The zero-order valence-electron chi connectivity index (χ0n) is 18.9. The summed E-state index contributed by atoms with van der Waals surface area (Å²) in [7, 11) is 1.65. The monoisotopic (exact) mass is 443 g/mol. The largest absolute Gasteiger partial charge is 0.508 e. The van der Waals surface area contributed by atoms with E-state index in [2.05, 4.69) is 23.1 Å². The molecular formula is C28H29NO4. The zero-order chi connectivity index (χ0) is 22.6. The Bertz CT molecular complexity index is 1120. The molecule has 1 atom stereocenters. The number of aromatic hydroxyl groups is 1. The van der Waals surface area contributed by atoms with Gasteiger partial charge in [0.2, 0.25) is 0 Å². The van der Waals surface area contributed by atoms with Crippen molar-refractivity contribution in [3.8, 4) is 23.0 Å². The van der Waals surface area contributed by atoms with Crippen molar-refractivity contribution < 1.29 is 19.3 Å². The van der Waals surface area contributed by atoms with Gasteiger partial charge in [-0.05, 0) is 79.5 Å². The standard InChI is InChI=1S/C28H29NO4/c1-31-25-13-8-22-18-26(20-4-9-23(30)10-5-20)28(33-27(22)19-25)21-6-11-24(12-7-21)32-17-16-29-14-2-3-15-29/h4-13,18-19,28,30H,2-3,14-17H2,1H3. The Morgan fingerprint density at radius 1 is 0.939 bits per heavy atom. The number of phenolic OH excluding ortho intramolecular Hbond substituents is 1. The highest BCUT2D eigenvalue weighted by molar-refractivity contribution is 5.88. The van der Waals surface area contributed by atoms with Crippen molar-refractivity contribution in [2.45, 2.75) is 18.9 Å². The Balaban J connectivity index is 1.39. The summed E-state index contributed by atoms with van der Waals surface area (Å²) in [4.78, 5) is 2.45. The second kappa shape index (κ2) is 9.59. The molecule has 5 heteroatoms. The van der Waals surface area contributed by atoms with Crippen LogP contribution >= 0.6 is 0 Å². The molecule has 1 fully saturated rings. The van der Waals surface area contributed by atoms with Gasteiger partial charge in [0.1, 0.15) is 35.7 Å². The lowest BCUT2D eigenvalue weighted by Crippen LogP contribution is -2.25. The first-order valence-corrected chi connectivity index (χ1v) is 11.5. The molecule has 170 valence electrons. The quantitative estimate of drug-likeness (QED) is 0.519. The van der Waals surface area contributed by atoms with Crippen LogP contribution in [-0.4, -0.2) is 43.4 Å². The van der Waals surface area contributed by atoms with Crippen LogP contribution in [0.25, 0.3) is 11.6 Å². The number of benzene rings is 3. The molecule has 0 aliphatic carbocycles. The van der Waals surface area contributed by atoms with Crippen LogP contribution in [0.4, 0.5) is 0 Å². The van der Waals surface area contributed by atoms with Crippen LogP contribution in [0, 0.1) is 0 Å². The van der Waals surface area contributed by atoms with Crippen molar-refractivity contribution in [1.29, 1.82) is 0 Å². The number of fused-ring (bicyclic) bond motifs is 1. The van der Waals surface area contributed by atoms with Crippen LogP contribution in [0.1, 0.15) is 35.6 Å². The molecule has 0 radical (unpaired) electrons. The highest BCUT2D eigenvalue weighted by Gasteiger charge is 2.26. The smallest absolute Gasteiger partial charge is 0.149 e. The molecule has 3 aromatic rings. The Kier molecular flexibility index (Phi) is 6.22. The second-order valence-electron chi connectivity index (χ2n) is 8.51. The van der Waals surface area contributed by atoms with Gasteiger partial charge < -0.3 is 19.3 Å². The molecule has 2 heterocycles. The van der Waals surface area contributed by atoms with Crippen molar-refractivity contribution in [1.82, 2.24) is 4.90 Å². The van der Waals surface area contributed by atoms with E-state index in [1.165, 1.54) is 25.9 Å². The summed E-state index contributed by atoms with van der Waals surface area (Å²) in [6.45, 7) is 4.03. The summed E-state index contributed by atoms with van der Waals surface area (Å²) in [5, 5.41) is 9.74. The lowest BCUT2D eigenvalue weighted by Gasteiger charge is -2.28. The molecule has 0 spiro atoms. The lowest BCUT2D eigenvalue weighted by molar-refractivity contribution is 0.237. The fourth-order valence-electron chi connectivity index (χ4n) is 4.47. The van der Waals surface area contributed by atoms with Crippen LogP contribution in [0.5, 0.6) is 23.0 Å². The van der Waals surface area contributed by atoms with E-state index in [0.29, 0.717) is 6.61 Å². The third-order valence-corrected chi connectivity index (χ3v) is 6.32. The molecule has 1 unspecified atom stereocenters. The number of phenols is 1. The summed E-state index contributed by atoms with van der Waals surface area (Å²) in [6.07, 6.45) is 4.45. The van der Waals surface area contributed by atoms with Gasteiger partial charge in [-0.3, -0.25) is 4.90 Å². The highest BCUT2D eigenvalue weighted by Crippen LogP contribution is 2.43. The number of hydrogen-bond acceptors (Lipinski definition) is 5. The van der Waals surface area contributed by atoms with Crippen LogP contribution in [0.2, 0.25) is 0 Å². The first-order chi connectivity index (χ1) is 16.2. The van der Waals surface area contributed by atoms with Crippen molar-refractivity contribution in [3.63, 3.8) is 0 Å². The zero-order valence-corrected chi connectivity index (χ0v) is 18.9. The van der Waals surface area contributed by atoms with Crippen LogP contribution in [0.15, 0.2) is 66.7 Å². The highest BCUT2D eigenvalue weighted by atomic mass is 16.5. The molecule has 1 N–H and O–H groups in total. The third kappa shape index (κ3) is 4.83. The molecule has 2 aliphatic heterocycles. The van der Waals surface area contributed by atoms with Gasteiger partial charge in [0.05, 0.1) is 7.11 Å². The summed E-state index contributed by atoms with van der Waals surface area (Å²) >= 11 is 0. The van der Waals surface area contributed by atoms with Gasteiger partial charge in [0.15, 0.2) is 0 Å². The number of likely N-dealkylation sites (tertiary alicyclic amines) is 1. The second-order valence-corrected chi connectivity index (χ2v) is 8.51. The van der Waals surface area contributed by atoms with Crippen molar-refractivity contribution in [2.24, 2.45) is 0 Å². The average molecular weight is 444 g/mol. The van der Waals surface area contributed by atoms with E-state index in [4.69, 9.17) is 14.2 Å². The van der Waals surface area contributed by atoms with Gasteiger partial charge in [-0.25, -0.2) is 0 Å². The van der Waals surface area contributed by atoms with Crippen LogP contribution < -0.4 is 14.2 Å². The van der Waals surface area contributed by atoms with E-state index >= 15 is 0 Å². The van der Waals surface area contributed by atoms with Crippen molar-refractivity contribution in [2.75, 3.05) is 33.4 Å². The predicted molar refractivity (Wildman–Crippen MR) is 130 cm³/mol. The summed E-state index contributed by atoms with van der Waals surface area (Å²) in [5.74, 6) is 2.66. The van der Waals surface area contributed by atoms with Gasteiger partial charge in [-0.2, -0.15) is 0 Å². The van der Waals surface area contributed by atoms with E-state index in [9.17, 15) is 5.11 Å². The van der Waals surface area contributed by atoms with Gasteiger partial charge >= 0.3 is 0 Å². The molecule has 3 aromatic carbocycles. The van der Waals surface area contributed by atoms with Gasteiger partial charge in [0, 0.05) is 23.7 Å². The molecule has 5 nitrogen and oxygen atoms in total. The summed E-state index contributed by atoms with van der Waals surface area (Å²) in [5.41, 5.74) is 4.08. The van der Waals surface area contributed by atoms with E-state index in [-0.39, 0.29) is 11.9 Å². The number of methoxy groups -OCH3 is 1. The fourth-order valence-corrected chi connectivity index (χ4v) is 4.47. The fraction of sp³-hybridized carbons (Fsp3) is 0.286. The van der Waals surface area contributed by atoms with Gasteiger partial charge in [0.25, 0.3) is 0 Å². The Morgan fingerprint density at radius 3 is 2.39 bits per heavy atom. The normalized spacial score (nSPS) is 17.7. The lowest BCUT2D eigenvalue weighted by atomic mass is 9.91. The van der Waals surface area contributed by atoms with E-state index < -0.39 is 0 Å². The Hall–Kier alpha value is -3.44. The van der Waals surface area contributed by atoms with Gasteiger partial charge in [-0.1, -0.05) is 24.3 Å². The van der Waals surface area contributed by atoms with E-state index in [1.807, 2.05) is 42.5 Å². The minimum absolute atomic E-state index is 0.244. The summed E-state index contributed by atoms with van der Waals surface area (Å²) < 4.78 is 17.9. The average Bonchev–Trinajstić information content (AvgIpc) is 3.37. The predicted octanol–water partition coefficient (Wildman–Crippen LogP) is 5.55. The number of rotatable bonds is 7. The SMILES string of the molecule is COc1ccc2c(c1)OC(c1ccc(OCCN3CCCC3)cc1)C(c1ccc(O)cc1)=C2.